The number of methoxy groups -OCH3 is 1. The molecule has 2 saturated heterocycles. The standard InChI is InChI=1S/C28H26F5N3O4/c1-38-27(37)18-12-34-23(11-20(18)28(31,32)33)36-15-7-8-16(36)10-17(9-15)39-13-19-25(35-40-26(19)14-5-6-14)24-21(29)3-2-4-22(24)30/h2-4,11-12,14-17H,5-10,13H2,1H3. The first-order chi connectivity index (χ1) is 19.2. The van der Waals surface area contributed by atoms with Gasteiger partial charge in [-0.2, -0.15) is 13.2 Å². The lowest BCUT2D eigenvalue weighted by molar-refractivity contribution is -0.138. The van der Waals surface area contributed by atoms with Crippen LogP contribution in [0, 0.1) is 11.6 Å². The number of fused-ring (bicyclic) bond motifs is 2. The molecular formula is C28H26F5N3O4. The highest BCUT2D eigenvalue weighted by Gasteiger charge is 2.44. The van der Waals surface area contributed by atoms with Crippen molar-refractivity contribution in [1.29, 1.82) is 0 Å². The van der Waals surface area contributed by atoms with E-state index in [2.05, 4.69) is 14.9 Å². The second kappa shape index (κ2) is 10.1. The van der Waals surface area contributed by atoms with Crippen LogP contribution < -0.4 is 4.90 Å². The van der Waals surface area contributed by atoms with E-state index in [4.69, 9.17) is 9.26 Å². The zero-order chi connectivity index (χ0) is 28.2. The lowest BCUT2D eigenvalue weighted by atomic mass is 9.98. The van der Waals surface area contributed by atoms with Crippen LogP contribution in [0.3, 0.4) is 0 Å². The first kappa shape index (κ1) is 26.7. The van der Waals surface area contributed by atoms with Gasteiger partial charge in [-0.3, -0.25) is 0 Å². The molecule has 1 saturated carbocycles. The molecule has 2 atom stereocenters. The summed E-state index contributed by atoms with van der Waals surface area (Å²) in [7, 11) is 1.02. The predicted octanol–water partition coefficient (Wildman–Crippen LogP) is 6.41. The van der Waals surface area contributed by atoms with Gasteiger partial charge in [0.2, 0.25) is 0 Å². The fourth-order valence-electron chi connectivity index (χ4n) is 5.98. The Hall–Kier alpha value is -3.54. The van der Waals surface area contributed by atoms with E-state index in [-0.39, 0.29) is 47.8 Å². The molecule has 2 aromatic heterocycles. The number of halogens is 5. The first-order valence-corrected chi connectivity index (χ1v) is 13.1. The van der Waals surface area contributed by atoms with Crippen molar-refractivity contribution in [2.24, 2.45) is 0 Å². The van der Waals surface area contributed by atoms with E-state index in [1.54, 1.807) is 0 Å². The first-order valence-electron chi connectivity index (χ1n) is 13.1. The van der Waals surface area contributed by atoms with E-state index < -0.39 is 34.9 Å². The number of alkyl halides is 3. The van der Waals surface area contributed by atoms with E-state index >= 15 is 0 Å². The van der Waals surface area contributed by atoms with Crippen LogP contribution >= 0.6 is 0 Å². The summed E-state index contributed by atoms with van der Waals surface area (Å²) in [5.41, 5.74) is -1.36. The molecular weight excluding hydrogens is 537 g/mol. The van der Waals surface area contributed by atoms with E-state index in [0.717, 1.165) is 57.2 Å². The molecule has 2 aliphatic heterocycles. The van der Waals surface area contributed by atoms with Gasteiger partial charge in [0.15, 0.2) is 0 Å². The lowest BCUT2D eigenvalue weighted by Gasteiger charge is -2.40. The molecule has 0 N–H and O–H groups in total. The molecule has 0 amide bonds. The normalized spacial score (nSPS) is 22.6. The molecule has 4 heterocycles. The van der Waals surface area contributed by atoms with Gasteiger partial charge in [-0.25, -0.2) is 18.6 Å². The van der Waals surface area contributed by atoms with Crippen molar-refractivity contribution in [3.8, 4) is 11.3 Å². The molecule has 2 unspecified atom stereocenters. The summed E-state index contributed by atoms with van der Waals surface area (Å²) in [4.78, 5) is 18.0. The molecule has 3 fully saturated rings. The zero-order valence-electron chi connectivity index (χ0n) is 21.5. The van der Waals surface area contributed by atoms with Crippen molar-refractivity contribution in [3.05, 3.63) is 64.5 Å². The van der Waals surface area contributed by atoms with Crippen LogP contribution in [0.5, 0.6) is 0 Å². The van der Waals surface area contributed by atoms with Gasteiger partial charge < -0.3 is 18.9 Å². The van der Waals surface area contributed by atoms with Crippen LogP contribution in [0.1, 0.15) is 71.7 Å². The average molecular weight is 564 g/mol. The SMILES string of the molecule is COC(=O)c1cnc(N2C3CCC2CC(OCc2c(-c4c(F)cccc4F)noc2C2CC2)C3)cc1C(F)(F)F. The van der Waals surface area contributed by atoms with E-state index in [0.29, 0.717) is 24.2 Å². The number of pyridine rings is 1. The van der Waals surface area contributed by atoms with Crippen LogP contribution in [-0.4, -0.2) is 41.4 Å². The molecule has 0 radical (unpaired) electrons. The number of nitrogens with zero attached hydrogens (tertiary/aromatic N) is 3. The molecule has 1 aliphatic carbocycles. The van der Waals surface area contributed by atoms with E-state index in [1.807, 2.05) is 4.90 Å². The van der Waals surface area contributed by atoms with E-state index in [9.17, 15) is 26.7 Å². The van der Waals surface area contributed by atoms with Gasteiger partial charge in [0.25, 0.3) is 0 Å². The Balaban J connectivity index is 1.21. The summed E-state index contributed by atoms with van der Waals surface area (Å²) in [6.07, 6.45) is 0.284. The Kier molecular flexibility index (Phi) is 6.76. The van der Waals surface area contributed by atoms with Crippen LogP contribution in [0.4, 0.5) is 27.8 Å². The fourth-order valence-corrected chi connectivity index (χ4v) is 5.98. The van der Waals surface area contributed by atoms with Crippen molar-refractivity contribution in [2.45, 2.75) is 75.4 Å². The van der Waals surface area contributed by atoms with Crippen LogP contribution in [0.25, 0.3) is 11.3 Å². The van der Waals surface area contributed by atoms with Gasteiger partial charge >= 0.3 is 12.1 Å². The van der Waals surface area contributed by atoms with Gasteiger partial charge in [-0.05, 0) is 56.7 Å². The minimum atomic E-state index is -4.75. The number of esters is 1. The number of carbonyl (C=O) groups is 1. The summed E-state index contributed by atoms with van der Waals surface area (Å²) < 4.78 is 86.7. The quantitative estimate of drug-likeness (QED) is 0.243. The number of benzene rings is 1. The van der Waals surface area contributed by atoms with Crippen molar-refractivity contribution in [1.82, 2.24) is 10.1 Å². The third-order valence-corrected chi connectivity index (χ3v) is 7.98. The maximum Gasteiger partial charge on any atom is 0.417 e. The minimum Gasteiger partial charge on any atom is -0.465 e. The number of carbonyl (C=O) groups excluding carboxylic acids is 1. The zero-order valence-corrected chi connectivity index (χ0v) is 21.5. The Morgan fingerprint density at radius 3 is 2.38 bits per heavy atom. The second-order valence-electron chi connectivity index (χ2n) is 10.5. The summed E-state index contributed by atoms with van der Waals surface area (Å²) in [6.45, 7) is 0.0485. The number of aromatic nitrogens is 2. The molecule has 12 heteroatoms. The van der Waals surface area contributed by atoms with Crippen molar-refractivity contribution >= 4 is 11.8 Å². The van der Waals surface area contributed by atoms with Crippen LogP contribution in [-0.2, 0) is 22.3 Å². The molecule has 212 valence electrons. The van der Waals surface area contributed by atoms with Crippen molar-refractivity contribution in [2.75, 3.05) is 12.0 Å². The fraction of sp³-hybridized carbons (Fsp3) is 0.464. The van der Waals surface area contributed by atoms with Gasteiger partial charge in [0.05, 0.1) is 36.5 Å². The number of hydrogen-bond donors (Lipinski definition) is 0. The third kappa shape index (κ3) is 4.82. The lowest BCUT2D eigenvalue weighted by Crippen LogP contribution is -2.46. The van der Waals surface area contributed by atoms with Crippen molar-refractivity contribution in [3.63, 3.8) is 0 Å². The average Bonchev–Trinajstić information content (AvgIpc) is 3.63. The molecule has 40 heavy (non-hydrogen) atoms. The molecule has 7 nitrogen and oxygen atoms in total. The van der Waals surface area contributed by atoms with Crippen LogP contribution in [0.2, 0.25) is 0 Å². The third-order valence-electron chi connectivity index (χ3n) is 7.98. The van der Waals surface area contributed by atoms with Gasteiger partial charge in [0.1, 0.15) is 28.9 Å². The van der Waals surface area contributed by atoms with Crippen molar-refractivity contribution < 1.29 is 40.7 Å². The Bertz CT molecular complexity index is 1400. The van der Waals surface area contributed by atoms with E-state index in [1.165, 1.54) is 6.07 Å². The molecule has 6 rings (SSSR count). The summed E-state index contributed by atoms with van der Waals surface area (Å²) in [5, 5.41) is 4.00. The number of hydrogen-bond acceptors (Lipinski definition) is 7. The predicted molar refractivity (Wildman–Crippen MR) is 132 cm³/mol. The minimum absolute atomic E-state index is 0.0485. The largest absolute Gasteiger partial charge is 0.465 e. The number of rotatable bonds is 7. The molecule has 2 bridgehead atoms. The number of ether oxygens (including phenoxy) is 2. The topological polar surface area (TPSA) is 77.7 Å². The summed E-state index contributed by atoms with van der Waals surface area (Å²) >= 11 is 0. The molecule has 3 aromatic rings. The monoisotopic (exact) mass is 563 g/mol. The Labute approximate surface area is 226 Å². The van der Waals surface area contributed by atoms with Gasteiger partial charge in [0, 0.05) is 29.8 Å². The smallest absolute Gasteiger partial charge is 0.417 e. The van der Waals surface area contributed by atoms with Gasteiger partial charge in [-0.15, -0.1) is 0 Å². The van der Waals surface area contributed by atoms with Crippen LogP contribution in [0.15, 0.2) is 35.0 Å². The molecule has 3 aliphatic rings. The Morgan fingerprint density at radius 2 is 1.77 bits per heavy atom. The molecule has 0 spiro atoms. The number of anilines is 1. The highest BCUT2D eigenvalue weighted by atomic mass is 19.4. The second-order valence-corrected chi connectivity index (χ2v) is 10.5. The van der Waals surface area contributed by atoms with Gasteiger partial charge in [-0.1, -0.05) is 11.2 Å². The highest BCUT2D eigenvalue weighted by Crippen LogP contribution is 2.46. The Morgan fingerprint density at radius 1 is 1.10 bits per heavy atom. The maximum atomic E-state index is 14.6. The summed E-state index contributed by atoms with van der Waals surface area (Å²) in [6, 6.07) is 4.29. The summed E-state index contributed by atoms with van der Waals surface area (Å²) in [5.74, 6) is -1.73. The molecule has 1 aromatic carbocycles. The highest BCUT2D eigenvalue weighted by molar-refractivity contribution is 5.91. The number of piperidine rings is 1. The maximum absolute atomic E-state index is 14.6.